The van der Waals surface area contributed by atoms with E-state index in [1.54, 1.807) is 0 Å². The fourth-order valence-corrected chi connectivity index (χ4v) is 4.26. The van der Waals surface area contributed by atoms with Crippen LogP contribution in [0.2, 0.25) is 0 Å². The van der Waals surface area contributed by atoms with Crippen LogP contribution in [-0.4, -0.2) is 38.2 Å². The van der Waals surface area contributed by atoms with E-state index in [4.69, 9.17) is 9.51 Å². The van der Waals surface area contributed by atoms with Crippen molar-refractivity contribution in [2.75, 3.05) is 13.1 Å². The van der Waals surface area contributed by atoms with E-state index in [0.29, 0.717) is 5.92 Å². The Bertz CT molecular complexity index is 979. The maximum Gasteiger partial charge on any atom is 0.143 e. The van der Waals surface area contributed by atoms with Crippen molar-refractivity contribution in [1.82, 2.24) is 20.0 Å². The van der Waals surface area contributed by atoms with Crippen LogP contribution in [0.15, 0.2) is 35.1 Å². The molecule has 0 aliphatic carbocycles. The van der Waals surface area contributed by atoms with Crippen molar-refractivity contribution in [3.63, 3.8) is 0 Å². The second-order valence-electron chi connectivity index (χ2n) is 7.98. The van der Waals surface area contributed by atoms with E-state index in [0.717, 1.165) is 66.4 Å². The molecule has 3 aromatic heterocycles. The zero-order valence-corrected chi connectivity index (χ0v) is 17.4. The van der Waals surface area contributed by atoms with E-state index in [2.05, 4.69) is 34.1 Å². The summed E-state index contributed by atoms with van der Waals surface area (Å²) in [6.45, 7) is 8.90. The highest BCUT2D eigenvalue weighted by molar-refractivity contribution is 5.67. The molecule has 4 heterocycles. The normalized spacial score (nSPS) is 17.6. The highest BCUT2D eigenvalue weighted by atomic mass is 16.5. The molecule has 6 heteroatoms. The first-order chi connectivity index (χ1) is 14.1. The lowest BCUT2D eigenvalue weighted by Gasteiger charge is -2.33. The van der Waals surface area contributed by atoms with Gasteiger partial charge in [0.25, 0.3) is 0 Å². The fourth-order valence-electron chi connectivity index (χ4n) is 4.26. The lowest BCUT2D eigenvalue weighted by Crippen LogP contribution is -2.34. The second-order valence-corrected chi connectivity index (χ2v) is 7.98. The van der Waals surface area contributed by atoms with Gasteiger partial charge in [0.15, 0.2) is 0 Å². The molecule has 0 bridgehead atoms. The number of aromatic nitrogens is 3. The second kappa shape index (κ2) is 8.43. The summed E-state index contributed by atoms with van der Waals surface area (Å²) in [5.41, 5.74) is 6.96. The summed E-state index contributed by atoms with van der Waals surface area (Å²) in [5.74, 6) is 1.11. The van der Waals surface area contributed by atoms with Gasteiger partial charge in [0.1, 0.15) is 5.76 Å². The van der Waals surface area contributed by atoms with Crippen molar-refractivity contribution in [1.29, 1.82) is 0 Å². The van der Waals surface area contributed by atoms with Crippen LogP contribution in [0.4, 0.5) is 0 Å². The highest BCUT2D eigenvalue weighted by Gasteiger charge is 2.25. The quantitative estimate of drug-likeness (QED) is 0.709. The van der Waals surface area contributed by atoms with Crippen LogP contribution >= 0.6 is 0 Å². The maximum absolute atomic E-state index is 9.83. The van der Waals surface area contributed by atoms with Crippen LogP contribution in [-0.2, 0) is 13.2 Å². The van der Waals surface area contributed by atoms with Crippen LogP contribution in [0.5, 0.6) is 0 Å². The molecule has 3 aromatic rings. The summed E-state index contributed by atoms with van der Waals surface area (Å²) < 4.78 is 5.34. The predicted octanol–water partition coefficient (Wildman–Crippen LogP) is 3.93. The van der Waals surface area contributed by atoms with Crippen molar-refractivity contribution < 1.29 is 9.63 Å². The van der Waals surface area contributed by atoms with Gasteiger partial charge in [0, 0.05) is 42.7 Å². The molecule has 1 aliphatic heterocycles. The first-order valence-electron chi connectivity index (χ1n) is 10.2. The average Bonchev–Trinajstić information content (AvgIpc) is 3.07. The van der Waals surface area contributed by atoms with Crippen LogP contribution in [0.3, 0.4) is 0 Å². The van der Waals surface area contributed by atoms with Crippen molar-refractivity contribution in [3.8, 4) is 11.3 Å². The summed E-state index contributed by atoms with van der Waals surface area (Å²) in [5, 5.41) is 13.9. The molecular weight excluding hydrogens is 364 g/mol. The van der Waals surface area contributed by atoms with Crippen molar-refractivity contribution in [2.45, 2.75) is 52.7 Å². The standard InChI is InChI=1S/C23H28N4O2/c1-15-11-24-9-8-18(15)12-27-10-4-5-19(13-27)21-7-6-20(14-28)23(25-21)22-16(2)26-29-17(22)3/h6-9,11,19,28H,4-5,10,12-14H2,1-3H3. The SMILES string of the molecule is Cc1cnccc1CN1CCCC(c2ccc(CO)c(-c3c(C)noc3C)n2)C1. The summed E-state index contributed by atoms with van der Waals surface area (Å²) in [7, 11) is 0. The number of likely N-dealkylation sites (tertiary alicyclic amines) is 1. The Balaban J connectivity index is 1.59. The van der Waals surface area contributed by atoms with Gasteiger partial charge < -0.3 is 9.63 Å². The molecule has 0 saturated carbocycles. The smallest absolute Gasteiger partial charge is 0.143 e. The molecule has 1 atom stereocenters. The molecule has 152 valence electrons. The van der Waals surface area contributed by atoms with E-state index in [1.807, 2.05) is 32.3 Å². The third-order valence-corrected chi connectivity index (χ3v) is 5.90. The van der Waals surface area contributed by atoms with Gasteiger partial charge in [-0.25, -0.2) is 0 Å². The van der Waals surface area contributed by atoms with Crippen LogP contribution in [0.1, 0.15) is 52.6 Å². The van der Waals surface area contributed by atoms with Gasteiger partial charge in [0.2, 0.25) is 0 Å². The Labute approximate surface area is 171 Å². The molecule has 1 N–H and O–H groups in total. The minimum atomic E-state index is -0.0508. The number of aliphatic hydroxyl groups is 1. The van der Waals surface area contributed by atoms with Gasteiger partial charge in [-0.1, -0.05) is 11.2 Å². The number of hydrogen-bond acceptors (Lipinski definition) is 6. The number of piperidine rings is 1. The molecule has 1 saturated heterocycles. The zero-order valence-electron chi connectivity index (χ0n) is 17.4. The number of aliphatic hydroxyl groups excluding tert-OH is 1. The minimum Gasteiger partial charge on any atom is -0.392 e. The zero-order chi connectivity index (χ0) is 20.4. The molecule has 4 rings (SSSR count). The maximum atomic E-state index is 9.83. The molecule has 1 fully saturated rings. The molecule has 1 unspecified atom stereocenters. The van der Waals surface area contributed by atoms with Gasteiger partial charge >= 0.3 is 0 Å². The largest absolute Gasteiger partial charge is 0.392 e. The van der Waals surface area contributed by atoms with Crippen LogP contribution in [0.25, 0.3) is 11.3 Å². The molecule has 1 aliphatic rings. The number of aryl methyl sites for hydroxylation is 3. The summed E-state index contributed by atoms with van der Waals surface area (Å²) in [6.07, 6.45) is 6.08. The van der Waals surface area contributed by atoms with E-state index in [9.17, 15) is 5.11 Å². The van der Waals surface area contributed by atoms with E-state index >= 15 is 0 Å². The molecule has 29 heavy (non-hydrogen) atoms. The highest BCUT2D eigenvalue weighted by Crippen LogP contribution is 2.32. The number of rotatable bonds is 5. The number of nitrogens with zero attached hydrogens (tertiary/aromatic N) is 4. The fraction of sp³-hybridized carbons (Fsp3) is 0.435. The summed E-state index contributed by atoms with van der Waals surface area (Å²) in [6, 6.07) is 6.18. The molecular formula is C23H28N4O2. The third-order valence-electron chi connectivity index (χ3n) is 5.90. The first-order valence-corrected chi connectivity index (χ1v) is 10.2. The third kappa shape index (κ3) is 4.09. The van der Waals surface area contributed by atoms with Gasteiger partial charge in [-0.15, -0.1) is 0 Å². The Hall–Kier alpha value is -2.57. The number of pyridine rings is 2. The van der Waals surface area contributed by atoms with Gasteiger partial charge in [-0.2, -0.15) is 0 Å². The Morgan fingerprint density at radius 1 is 1.17 bits per heavy atom. The van der Waals surface area contributed by atoms with Crippen molar-refractivity contribution >= 4 is 0 Å². The molecule has 6 nitrogen and oxygen atoms in total. The predicted molar refractivity (Wildman–Crippen MR) is 111 cm³/mol. The van der Waals surface area contributed by atoms with Gasteiger partial charge in [-0.05, 0) is 63.4 Å². The molecule has 0 spiro atoms. The number of hydrogen-bond donors (Lipinski definition) is 1. The van der Waals surface area contributed by atoms with Crippen LogP contribution in [0, 0.1) is 20.8 Å². The molecule has 0 radical (unpaired) electrons. The van der Waals surface area contributed by atoms with Gasteiger partial charge in [-0.3, -0.25) is 14.9 Å². The van der Waals surface area contributed by atoms with Crippen molar-refractivity contribution in [3.05, 3.63) is 64.4 Å². The lowest BCUT2D eigenvalue weighted by molar-refractivity contribution is 0.198. The topological polar surface area (TPSA) is 75.3 Å². The van der Waals surface area contributed by atoms with Gasteiger partial charge in [0.05, 0.1) is 23.6 Å². The Morgan fingerprint density at radius 2 is 2.03 bits per heavy atom. The minimum absolute atomic E-state index is 0.0508. The van der Waals surface area contributed by atoms with Crippen molar-refractivity contribution in [2.24, 2.45) is 0 Å². The monoisotopic (exact) mass is 392 g/mol. The van der Waals surface area contributed by atoms with E-state index in [-0.39, 0.29) is 6.61 Å². The summed E-state index contributed by atoms with van der Waals surface area (Å²) >= 11 is 0. The Kier molecular flexibility index (Phi) is 5.74. The lowest BCUT2D eigenvalue weighted by atomic mass is 9.92. The summed E-state index contributed by atoms with van der Waals surface area (Å²) in [4.78, 5) is 11.7. The molecule has 0 amide bonds. The first kappa shape index (κ1) is 19.7. The Morgan fingerprint density at radius 3 is 2.76 bits per heavy atom. The van der Waals surface area contributed by atoms with E-state index in [1.165, 1.54) is 11.1 Å². The van der Waals surface area contributed by atoms with Crippen LogP contribution < -0.4 is 0 Å². The molecule has 0 aromatic carbocycles. The average molecular weight is 393 g/mol. The van der Waals surface area contributed by atoms with E-state index < -0.39 is 0 Å².